The van der Waals surface area contributed by atoms with E-state index < -0.39 is 11.9 Å². The average Bonchev–Trinajstić information content (AvgIpc) is 2.85. The summed E-state index contributed by atoms with van der Waals surface area (Å²) in [5.41, 5.74) is 10.7. The third kappa shape index (κ3) is 3.25. The van der Waals surface area contributed by atoms with Crippen LogP contribution >= 0.6 is 0 Å². The Morgan fingerprint density at radius 2 is 2.21 bits per heavy atom. The van der Waals surface area contributed by atoms with Crippen molar-refractivity contribution in [3.8, 4) is 0 Å². The highest BCUT2D eigenvalue weighted by Crippen LogP contribution is 2.47. The third-order valence-electron chi connectivity index (χ3n) is 2.83. The number of primary amides is 1. The molecular weight excluding hydrogens is 182 g/mol. The van der Waals surface area contributed by atoms with Crippen molar-refractivity contribution in [1.29, 1.82) is 0 Å². The molecule has 0 spiro atoms. The molecule has 0 heterocycles. The number of aliphatic hydroxyl groups excluding tert-OH is 1. The zero-order valence-electron chi connectivity index (χ0n) is 8.33. The second-order valence-electron chi connectivity index (χ2n) is 4.11. The molecule has 5 heteroatoms. The molecule has 1 unspecified atom stereocenters. The van der Waals surface area contributed by atoms with E-state index in [0.717, 1.165) is 25.8 Å². The van der Waals surface area contributed by atoms with Crippen LogP contribution in [0.1, 0.15) is 19.3 Å². The second-order valence-corrected chi connectivity index (χ2v) is 4.11. The third-order valence-corrected chi connectivity index (χ3v) is 2.83. The predicted octanol–water partition coefficient (Wildman–Crippen LogP) is -1.45. The fourth-order valence-corrected chi connectivity index (χ4v) is 1.52. The van der Waals surface area contributed by atoms with Gasteiger partial charge in [-0.2, -0.15) is 0 Å². The lowest BCUT2D eigenvalue weighted by molar-refractivity contribution is -0.119. The van der Waals surface area contributed by atoms with Crippen molar-refractivity contribution < 1.29 is 9.90 Å². The van der Waals surface area contributed by atoms with E-state index in [1.807, 2.05) is 0 Å². The lowest BCUT2D eigenvalue weighted by Gasteiger charge is -2.15. The second kappa shape index (κ2) is 4.72. The van der Waals surface area contributed by atoms with Crippen molar-refractivity contribution in [2.75, 3.05) is 19.7 Å². The van der Waals surface area contributed by atoms with Gasteiger partial charge in [0.15, 0.2) is 0 Å². The molecule has 1 aliphatic rings. The minimum absolute atomic E-state index is 0.226. The van der Waals surface area contributed by atoms with Crippen LogP contribution < -0.4 is 16.8 Å². The van der Waals surface area contributed by atoms with E-state index in [9.17, 15) is 4.79 Å². The van der Waals surface area contributed by atoms with Gasteiger partial charge in [-0.05, 0) is 24.7 Å². The summed E-state index contributed by atoms with van der Waals surface area (Å²) in [6, 6.07) is -0.611. The summed E-state index contributed by atoms with van der Waals surface area (Å²) in [5, 5.41) is 11.9. The first-order valence-electron chi connectivity index (χ1n) is 4.96. The Bertz CT molecular complexity index is 204. The number of nitrogens with two attached hydrogens (primary N) is 2. The molecule has 82 valence electrons. The van der Waals surface area contributed by atoms with Crippen LogP contribution in [0.25, 0.3) is 0 Å². The van der Waals surface area contributed by atoms with E-state index in [1.54, 1.807) is 0 Å². The molecule has 1 amide bonds. The number of amides is 1. The highest BCUT2D eigenvalue weighted by atomic mass is 16.3. The van der Waals surface area contributed by atoms with Gasteiger partial charge in [0, 0.05) is 19.7 Å². The number of rotatable bonds is 7. The molecular formula is C9H19N3O2. The smallest absolute Gasteiger partial charge is 0.235 e. The average molecular weight is 201 g/mol. The molecule has 1 saturated carbocycles. The number of carbonyl (C=O) groups is 1. The van der Waals surface area contributed by atoms with E-state index in [2.05, 4.69) is 5.32 Å². The number of aliphatic hydroxyl groups is 1. The Hall–Kier alpha value is -0.650. The quantitative estimate of drug-likeness (QED) is 0.405. The van der Waals surface area contributed by atoms with Crippen LogP contribution in [0.15, 0.2) is 0 Å². The van der Waals surface area contributed by atoms with Crippen molar-refractivity contribution in [2.45, 2.75) is 25.3 Å². The van der Waals surface area contributed by atoms with Crippen LogP contribution in [0.5, 0.6) is 0 Å². The standard InChI is InChI=1S/C9H19N3O2/c10-7(8(11)14)5-12-6-9(1-2-9)3-4-13/h7,12-13H,1-6,10H2,(H2,11,14). The SMILES string of the molecule is NC(=O)C(N)CNCC1(CCO)CC1. The summed E-state index contributed by atoms with van der Waals surface area (Å²) in [4.78, 5) is 10.6. The summed E-state index contributed by atoms with van der Waals surface area (Å²) in [7, 11) is 0. The minimum Gasteiger partial charge on any atom is -0.396 e. The first-order valence-corrected chi connectivity index (χ1v) is 4.96. The van der Waals surface area contributed by atoms with Crippen LogP contribution in [0, 0.1) is 5.41 Å². The van der Waals surface area contributed by atoms with Gasteiger partial charge in [-0.15, -0.1) is 0 Å². The van der Waals surface area contributed by atoms with E-state index in [-0.39, 0.29) is 12.0 Å². The molecule has 0 radical (unpaired) electrons. The Balaban J connectivity index is 2.12. The number of hydrogen-bond donors (Lipinski definition) is 4. The summed E-state index contributed by atoms with van der Waals surface area (Å²) >= 11 is 0. The Morgan fingerprint density at radius 3 is 2.64 bits per heavy atom. The first-order chi connectivity index (χ1) is 6.59. The lowest BCUT2D eigenvalue weighted by Crippen LogP contribution is -2.45. The number of carbonyl (C=O) groups excluding carboxylic acids is 1. The van der Waals surface area contributed by atoms with Gasteiger partial charge in [0.05, 0.1) is 6.04 Å². The van der Waals surface area contributed by atoms with Crippen molar-refractivity contribution in [3.05, 3.63) is 0 Å². The largest absolute Gasteiger partial charge is 0.396 e. The van der Waals surface area contributed by atoms with Crippen LogP contribution in [0.2, 0.25) is 0 Å². The van der Waals surface area contributed by atoms with Crippen molar-refractivity contribution >= 4 is 5.91 Å². The monoisotopic (exact) mass is 201 g/mol. The molecule has 1 fully saturated rings. The fraction of sp³-hybridized carbons (Fsp3) is 0.889. The summed E-state index contributed by atoms with van der Waals surface area (Å²) in [6.07, 6.45) is 3.12. The van der Waals surface area contributed by atoms with Crippen LogP contribution in [0.3, 0.4) is 0 Å². The molecule has 1 rings (SSSR count). The highest BCUT2D eigenvalue weighted by Gasteiger charge is 2.41. The minimum atomic E-state index is -0.611. The zero-order chi connectivity index (χ0) is 10.6. The van der Waals surface area contributed by atoms with Gasteiger partial charge in [-0.1, -0.05) is 0 Å². The van der Waals surface area contributed by atoms with Crippen LogP contribution in [0.4, 0.5) is 0 Å². The molecule has 0 aromatic carbocycles. The van der Waals surface area contributed by atoms with Gasteiger partial charge in [0.2, 0.25) is 5.91 Å². The highest BCUT2D eigenvalue weighted by molar-refractivity contribution is 5.79. The number of hydrogen-bond acceptors (Lipinski definition) is 4. The Morgan fingerprint density at radius 1 is 1.57 bits per heavy atom. The van der Waals surface area contributed by atoms with E-state index in [0.29, 0.717) is 6.54 Å². The maximum Gasteiger partial charge on any atom is 0.235 e. The van der Waals surface area contributed by atoms with Crippen molar-refractivity contribution in [1.82, 2.24) is 5.32 Å². The van der Waals surface area contributed by atoms with Gasteiger partial charge in [0.1, 0.15) is 0 Å². The fourth-order valence-electron chi connectivity index (χ4n) is 1.52. The van der Waals surface area contributed by atoms with Crippen LogP contribution in [-0.4, -0.2) is 36.8 Å². The molecule has 14 heavy (non-hydrogen) atoms. The molecule has 0 aromatic heterocycles. The van der Waals surface area contributed by atoms with Crippen molar-refractivity contribution in [2.24, 2.45) is 16.9 Å². The van der Waals surface area contributed by atoms with E-state index in [1.165, 1.54) is 0 Å². The maximum absolute atomic E-state index is 10.6. The molecule has 0 aromatic rings. The molecule has 0 saturated heterocycles. The first kappa shape index (κ1) is 11.4. The molecule has 6 N–H and O–H groups in total. The lowest BCUT2D eigenvalue weighted by atomic mass is 10.0. The molecule has 1 atom stereocenters. The van der Waals surface area contributed by atoms with Gasteiger partial charge < -0.3 is 21.9 Å². The van der Waals surface area contributed by atoms with E-state index >= 15 is 0 Å². The van der Waals surface area contributed by atoms with Gasteiger partial charge in [-0.3, -0.25) is 4.79 Å². The molecule has 5 nitrogen and oxygen atoms in total. The number of nitrogens with one attached hydrogen (secondary N) is 1. The summed E-state index contributed by atoms with van der Waals surface area (Å²) in [6.45, 7) is 1.46. The summed E-state index contributed by atoms with van der Waals surface area (Å²) in [5.74, 6) is -0.482. The topological polar surface area (TPSA) is 101 Å². The zero-order valence-corrected chi connectivity index (χ0v) is 8.33. The van der Waals surface area contributed by atoms with Gasteiger partial charge in [0.25, 0.3) is 0 Å². The summed E-state index contributed by atoms with van der Waals surface area (Å²) < 4.78 is 0. The molecule has 0 aliphatic heterocycles. The normalized spacial score (nSPS) is 20.4. The predicted molar refractivity (Wildman–Crippen MR) is 53.4 cm³/mol. The Kier molecular flexibility index (Phi) is 3.86. The van der Waals surface area contributed by atoms with Gasteiger partial charge in [-0.25, -0.2) is 0 Å². The van der Waals surface area contributed by atoms with Crippen molar-refractivity contribution in [3.63, 3.8) is 0 Å². The molecule has 0 bridgehead atoms. The Labute approximate surface area is 83.8 Å². The molecule has 1 aliphatic carbocycles. The van der Waals surface area contributed by atoms with E-state index in [4.69, 9.17) is 16.6 Å². The van der Waals surface area contributed by atoms with Crippen LogP contribution in [-0.2, 0) is 4.79 Å². The maximum atomic E-state index is 10.6. The van der Waals surface area contributed by atoms with Gasteiger partial charge >= 0.3 is 0 Å².